The normalized spacial score (nSPS) is 21.1. The predicted octanol–water partition coefficient (Wildman–Crippen LogP) is 1.46. The molecular formula is C16H23N3O2. The lowest BCUT2D eigenvalue weighted by atomic mass is 9.94. The molecule has 2 fully saturated rings. The van der Waals surface area contributed by atoms with E-state index in [1.807, 2.05) is 12.1 Å². The molecule has 2 saturated heterocycles. The van der Waals surface area contributed by atoms with E-state index in [4.69, 9.17) is 4.74 Å². The third-order valence-electron chi connectivity index (χ3n) is 4.32. The van der Waals surface area contributed by atoms with Crippen LogP contribution >= 0.6 is 0 Å². The summed E-state index contributed by atoms with van der Waals surface area (Å²) >= 11 is 0. The van der Waals surface area contributed by atoms with E-state index >= 15 is 0 Å². The summed E-state index contributed by atoms with van der Waals surface area (Å²) in [7, 11) is 0. The first-order valence-corrected chi connectivity index (χ1v) is 7.89. The number of aromatic nitrogens is 1. The fourth-order valence-corrected chi connectivity index (χ4v) is 3.02. The number of nitrogens with zero attached hydrogens (tertiary/aromatic N) is 1. The molecule has 2 aliphatic heterocycles. The zero-order chi connectivity index (χ0) is 14.5. The molecule has 3 heterocycles. The van der Waals surface area contributed by atoms with Crippen molar-refractivity contribution in [1.29, 1.82) is 0 Å². The van der Waals surface area contributed by atoms with E-state index in [9.17, 15) is 4.79 Å². The van der Waals surface area contributed by atoms with Crippen molar-refractivity contribution in [2.75, 3.05) is 26.3 Å². The molecule has 2 aliphatic rings. The van der Waals surface area contributed by atoms with Gasteiger partial charge in [-0.25, -0.2) is 4.98 Å². The molecule has 1 amide bonds. The minimum Gasteiger partial charge on any atom is -0.381 e. The maximum Gasteiger partial charge on any atom is 0.270 e. The fourth-order valence-electron chi connectivity index (χ4n) is 3.02. The zero-order valence-corrected chi connectivity index (χ0v) is 12.3. The number of pyridine rings is 1. The summed E-state index contributed by atoms with van der Waals surface area (Å²) in [5, 5.41) is 6.43. The van der Waals surface area contributed by atoms with E-state index in [1.165, 1.54) is 0 Å². The molecule has 0 saturated carbocycles. The lowest BCUT2D eigenvalue weighted by Crippen LogP contribution is -2.39. The molecule has 0 spiro atoms. The van der Waals surface area contributed by atoms with Gasteiger partial charge in [-0.15, -0.1) is 0 Å². The van der Waals surface area contributed by atoms with Crippen molar-refractivity contribution in [2.45, 2.75) is 37.6 Å². The Bertz CT molecular complexity index is 480. The Morgan fingerprint density at radius 3 is 2.71 bits per heavy atom. The summed E-state index contributed by atoms with van der Waals surface area (Å²) in [5.41, 5.74) is 1.59. The van der Waals surface area contributed by atoms with Crippen LogP contribution in [0.25, 0.3) is 0 Å². The van der Waals surface area contributed by atoms with Crippen LogP contribution in [0.1, 0.15) is 47.8 Å². The van der Waals surface area contributed by atoms with Gasteiger partial charge in [0.1, 0.15) is 5.69 Å². The molecule has 5 nitrogen and oxygen atoms in total. The highest BCUT2D eigenvalue weighted by Crippen LogP contribution is 2.23. The topological polar surface area (TPSA) is 63.2 Å². The first-order valence-electron chi connectivity index (χ1n) is 7.89. The van der Waals surface area contributed by atoms with Crippen molar-refractivity contribution in [3.8, 4) is 0 Å². The van der Waals surface area contributed by atoms with Crippen LogP contribution in [0.15, 0.2) is 18.2 Å². The molecule has 3 rings (SSSR count). The van der Waals surface area contributed by atoms with E-state index in [0.717, 1.165) is 57.7 Å². The highest BCUT2D eigenvalue weighted by Gasteiger charge is 2.20. The maximum atomic E-state index is 12.3. The molecule has 0 radical (unpaired) electrons. The average Bonchev–Trinajstić information content (AvgIpc) is 2.57. The number of carbonyl (C=O) groups excluding carboxylic acids is 1. The van der Waals surface area contributed by atoms with Gasteiger partial charge in [0.05, 0.1) is 0 Å². The Hall–Kier alpha value is -1.46. The summed E-state index contributed by atoms with van der Waals surface area (Å²) in [6.45, 7) is 3.52. The van der Waals surface area contributed by atoms with Crippen molar-refractivity contribution in [3.63, 3.8) is 0 Å². The number of carbonyl (C=O) groups is 1. The Kier molecular flexibility index (Phi) is 4.83. The van der Waals surface area contributed by atoms with Crippen LogP contribution in [0.5, 0.6) is 0 Å². The predicted molar refractivity (Wildman–Crippen MR) is 80.4 cm³/mol. The van der Waals surface area contributed by atoms with Crippen molar-refractivity contribution in [3.05, 3.63) is 29.6 Å². The van der Waals surface area contributed by atoms with E-state index in [2.05, 4.69) is 15.6 Å². The summed E-state index contributed by atoms with van der Waals surface area (Å²) in [4.78, 5) is 16.9. The lowest BCUT2D eigenvalue weighted by Gasteiger charge is -2.24. The Balaban J connectivity index is 1.65. The zero-order valence-electron chi connectivity index (χ0n) is 12.3. The van der Waals surface area contributed by atoms with Crippen molar-refractivity contribution in [2.24, 2.45) is 0 Å². The van der Waals surface area contributed by atoms with Gasteiger partial charge in [-0.2, -0.15) is 0 Å². The number of rotatable bonds is 3. The Morgan fingerprint density at radius 2 is 1.95 bits per heavy atom. The summed E-state index contributed by atoms with van der Waals surface area (Å²) in [6, 6.07) is 6.01. The average molecular weight is 289 g/mol. The SMILES string of the molecule is O=C(NC1CCOCC1)c1cccc(C2CCNCC2)n1. The number of piperidine rings is 1. The largest absolute Gasteiger partial charge is 0.381 e. The number of hydrogen-bond donors (Lipinski definition) is 2. The molecule has 0 atom stereocenters. The van der Waals surface area contributed by atoms with Gasteiger partial charge in [-0.3, -0.25) is 4.79 Å². The highest BCUT2D eigenvalue weighted by atomic mass is 16.5. The third kappa shape index (κ3) is 3.80. The van der Waals surface area contributed by atoms with Crippen LogP contribution in [0.2, 0.25) is 0 Å². The van der Waals surface area contributed by atoms with Crippen LogP contribution < -0.4 is 10.6 Å². The van der Waals surface area contributed by atoms with Crippen LogP contribution in [0, 0.1) is 0 Å². The molecule has 1 aromatic rings. The van der Waals surface area contributed by atoms with Gasteiger partial charge in [0.15, 0.2) is 0 Å². The van der Waals surface area contributed by atoms with E-state index in [0.29, 0.717) is 11.6 Å². The first kappa shape index (κ1) is 14.5. The fraction of sp³-hybridized carbons (Fsp3) is 0.625. The van der Waals surface area contributed by atoms with Crippen molar-refractivity contribution in [1.82, 2.24) is 15.6 Å². The molecule has 114 valence electrons. The second kappa shape index (κ2) is 7.00. The quantitative estimate of drug-likeness (QED) is 0.884. The molecule has 0 aliphatic carbocycles. The Labute approximate surface area is 125 Å². The number of ether oxygens (including phenoxy) is 1. The number of nitrogens with one attached hydrogen (secondary N) is 2. The second-order valence-corrected chi connectivity index (χ2v) is 5.83. The Morgan fingerprint density at radius 1 is 1.19 bits per heavy atom. The van der Waals surface area contributed by atoms with Crippen molar-refractivity contribution < 1.29 is 9.53 Å². The van der Waals surface area contributed by atoms with Gasteiger partial charge in [0.2, 0.25) is 0 Å². The smallest absolute Gasteiger partial charge is 0.270 e. The summed E-state index contributed by atoms with van der Waals surface area (Å²) in [6.07, 6.45) is 3.97. The molecule has 0 bridgehead atoms. The van der Waals surface area contributed by atoms with Gasteiger partial charge in [-0.05, 0) is 50.9 Å². The van der Waals surface area contributed by atoms with Gasteiger partial charge < -0.3 is 15.4 Å². The molecule has 0 unspecified atom stereocenters. The minimum atomic E-state index is -0.0577. The second-order valence-electron chi connectivity index (χ2n) is 5.83. The molecule has 5 heteroatoms. The highest BCUT2D eigenvalue weighted by molar-refractivity contribution is 5.92. The summed E-state index contributed by atoms with van der Waals surface area (Å²) in [5.74, 6) is 0.416. The minimum absolute atomic E-state index is 0.0577. The van der Waals surface area contributed by atoms with E-state index in [1.54, 1.807) is 6.07 Å². The molecule has 21 heavy (non-hydrogen) atoms. The van der Waals surface area contributed by atoms with Gasteiger partial charge in [-0.1, -0.05) is 6.07 Å². The molecule has 2 N–H and O–H groups in total. The van der Waals surface area contributed by atoms with Crippen LogP contribution in [0.3, 0.4) is 0 Å². The van der Waals surface area contributed by atoms with Crippen LogP contribution in [0.4, 0.5) is 0 Å². The molecule has 1 aromatic heterocycles. The first-order chi connectivity index (χ1) is 10.3. The van der Waals surface area contributed by atoms with Gasteiger partial charge >= 0.3 is 0 Å². The van der Waals surface area contributed by atoms with E-state index in [-0.39, 0.29) is 11.9 Å². The van der Waals surface area contributed by atoms with Crippen LogP contribution in [-0.4, -0.2) is 43.2 Å². The standard InChI is InChI=1S/C16H23N3O2/c20-16(18-13-6-10-21-11-7-13)15-3-1-2-14(19-15)12-4-8-17-9-5-12/h1-3,12-13,17H,4-11H2,(H,18,20). The number of amides is 1. The lowest BCUT2D eigenvalue weighted by molar-refractivity contribution is 0.0694. The van der Waals surface area contributed by atoms with Gasteiger partial charge in [0.25, 0.3) is 5.91 Å². The van der Waals surface area contributed by atoms with Gasteiger partial charge in [0, 0.05) is 30.9 Å². The third-order valence-corrected chi connectivity index (χ3v) is 4.32. The molecular weight excluding hydrogens is 266 g/mol. The summed E-state index contributed by atoms with van der Waals surface area (Å²) < 4.78 is 5.31. The maximum absolute atomic E-state index is 12.3. The van der Waals surface area contributed by atoms with E-state index < -0.39 is 0 Å². The number of hydrogen-bond acceptors (Lipinski definition) is 4. The molecule has 0 aromatic carbocycles. The monoisotopic (exact) mass is 289 g/mol. The van der Waals surface area contributed by atoms with Crippen molar-refractivity contribution >= 4 is 5.91 Å². The van der Waals surface area contributed by atoms with Crippen LogP contribution in [-0.2, 0) is 4.74 Å².